The molecule has 1 heterocycles. The summed E-state index contributed by atoms with van der Waals surface area (Å²) in [5, 5.41) is 0. The van der Waals surface area contributed by atoms with Crippen LogP contribution in [-0.2, 0) is 15.7 Å². The zero-order valence-corrected chi connectivity index (χ0v) is 14.4. The lowest BCUT2D eigenvalue weighted by molar-refractivity contribution is -0.157. The summed E-state index contributed by atoms with van der Waals surface area (Å²) >= 11 is 0. The highest BCUT2D eigenvalue weighted by Gasteiger charge is 2.35. The average molecular weight is 331 g/mol. The van der Waals surface area contributed by atoms with Crippen LogP contribution < -0.4 is 0 Å². The van der Waals surface area contributed by atoms with Gasteiger partial charge in [0.05, 0.1) is 5.92 Å². The van der Waals surface area contributed by atoms with Crippen molar-refractivity contribution in [2.24, 2.45) is 5.41 Å². The van der Waals surface area contributed by atoms with Crippen LogP contribution in [0, 0.1) is 5.41 Å². The van der Waals surface area contributed by atoms with Gasteiger partial charge < -0.3 is 4.74 Å². The van der Waals surface area contributed by atoms with Crippen LogP contribution in [-0.4, -0.2) is 16.6 Å². The molecule has 0 N–H and O–H groups in total. The molecule has 0 aliphatic carbocycles. The third-order valence-electron chi connectivity index (χ3n) is 2.98. The summed E-state index contributed by atoms with van der Waals surface area (Å²) in [6.07, 6.45) is -3.09. The van der Waals surface area contributed by atoms with E-state index in [1.165, 1.54) is 6.07 Å². The molecular formula is C17H24F3NO2. The summed E-state index contributed by atoms with van der Waals surface area (Å²) in [5.41, 5.74) is -1.68. The Labute approximate surface area is 135 Å². The highest BCUT2D eigenvalue weighted by molar-refractivity contribution is 5.78. The minimum atomic E-state index is -4.55. The molecule has 130 valence electrons. The van der Waals surface area contributed by atoms with Crippen molar-refractivity contribution in [1.82, 2.24) is 4.98 Å². The smallest absolute Gasteiger partial charge is 0.433 e. The molecule has 0 unspecified atom stereocenters. The Morgan fingerprint density at radius 3 is 2.17 bits per heavy atom. The fraction of sp³-hybridized carbons (Fsp3) is 0.647. The molecule has 0 amide bonds. The maximum absolute atomic E-state index is 12.9. The number of ether oxygens (including phenoxy) is 1. The number of pyridine rings is 1. The molecule has 1 aromatic rings. The second kappa shape index (κ2) is 6.49. The zero-order valence-electron chi connectivity index (χ0n) is 14.4. The third kappa shape index (κ3) is 6.59. The Morgan fingerprint density at radius 2 is 1.74 bits per heavy atom. The Balaban J connectivity index is 3.22. The molecule has 3 nitrogen and oxygen atoms in total. The van der Waals surface area contributed by atoms with E-state index in [-0.39, 0.29) is 11.0 Å². The Morgan fingerprint density at radius 1 is 1.17 bits per heavy atom. The molecule has 0 fully saturated rings. The number of nitrogens with zero attached hydrogens (tertiary/aromatic N) is 1. The summed E-state index contributed by atoms with van der Waals surface area (Å²) in [6, 6.07) is 2.37. The van der Waals surface area contributed by atoms with Crippen LogP contribution in [0.5, 0.6) is 0 Å². The van der Waals surface area contributed by atoms with Crippen LogP contribution in [0.3, 0.4) is 0 Å². The van der Waals surface area contributed by atoms with Gasteiger partial charge in [-0.3, -0.25) is 9.78 Å². The second-order valence-corrected chi connectivity index (χ2v) is 7.82. The molecule has 0 radical (unpaired) electrons. The van der Waals surface area contributed by atoms with Crippen LogP contribution >= 0.6 is 0 Å². The largest absolute Gasteiger partial charge is 0.459 e. The van der Waals surface area contributed by atoms with E-state index in [1.54, 1.807) is 20.8 Å². The number of hydrogen-bond acceptors (Lipinski definition) is 3. The first kappa shape index (κ1) is 19.5. The van der Waals surface area contributed by atoms with Gasteiger partial charge >= 0.3 is 12.1 Å². The predicted octanol–water partition coefficient (Wildman–Crippen LogP) is 4.96. The van der Waals surface area contributed by atoms with Crippen LogP contribution in [0.15, 0.2) is 18.3 Å². The molecule has 0 saturated carbocycles. The quantitative estimate of drug-likeness (QED) is 0.735. The third-order valence-corrected chi connectivity index (χ3v) is 2.98. The number of carbonyl (C=O) groups excluding carboxylic acids is 1. The van der Waals surface area contributed by atoms with Crippen molar-refractivity contribution in [3.05, 3.63) is 29.6 Å². The molecule has 0 spiro atoms. The molecule has 1 rings (SSSR count). The summed E-state index contributed by atoms with van der Waals surface area (Å²) in [6.45, 7) is 11.0. The number of esters is 1. The van der Waals surface area contributed by atoms with Gasteiger partial charge in [-0.1, -0.05) is 20.8 Å². The van der Waals surface area contributed by atoms with Gasteiger partial charge in [0.1, 0.15) is 11.3 Å². The predicted molar refractivity (Wildman–Crippen MR) is 81.9 cm³/mol. The Hall–Kier alpha value is -1.59. The van der Waals surface area contributed by atoms with Crippen molar-refractivity contribution in [2.75, 3.05) is 0 Å². The van der Waals surface area contributed by atoms with Crippen LogP contribution in [0.25, 0.3) is 0 Å². The minimum Gasteiger partial charge on any atom is -0.459 e. The topological polar surface area (TPSA) is 39.2 Å². The van der Waals surface area contributed by atoms with E-state index in [9.17, 15) is 18.0 Å². The average Bonchev–Trinajstić information content (AvgIpc) is 2.32. The summed E-state index contributed by atoms with van der Waals surface area (Å²) < 4.78 is 44.0. The zero-order chi connectivity index (χ0) is 18.1. The highest BCUT2D eigenvalue weighted by atomic mass is 19.4. The number of carbonyl (C=O) groups is 1. The maximum Gasteiger partial charge on any atom is 0.433 e. The first-order valence-corrected chi connectivity index (χ1v) is 7.45. The van der Waals surface area contributed by atoms with Crippen molar-refractivity contribution in [3.63, 3.8) is 0 Å². The Kier molecular flexibility index (Phi) is 5.49. The molecule has 0 aliphatic heterocycles. The van der Waals surface area contributed by atoms with Gasteiger partial charge in [0, 0.05) is 6.20 Å². The van der Waals surface area contributed by atoms with Crippen LogP contribution in [0.2, 0.25) is 0 Å². The molecular weight excluding hydrogens is 307 g/mol. The van der Waals surface area contributed by atoms with E-state index in [0.29, 0.717) is 6.42 Å². The molecule has 23 heavy (non-hydrogen) atoms. The number of alkyl halides is 3. The van der Waals surface area contributed by atoms with E-state index >= 15 is 0 Å². The second-order valence-electron chi connectivity index (χ2n) is 7.82. The van der Waals surface area contributed by atoms with E-state index in [2.05, 4.69) is 4.98 Å². The molecule has 0 saturated heterocycles. The van der Waals surface area contributed by atoms with Crippen molar-refractivity contribution in [3.8, 4) is 0 Å². The van der Waals surface area contributed by atoms with Crippen LogP contribution in [0.1, 0.15) is 65.1 Å². The van der Waals surface area contributed by atoms with Gasteiger partial charge in [-0.25, -0.2) is 0 Å². The molecule has 6 heteroatoms. The highest BCUT2D eigenvalue weighted by Crippen LogP contribution is 2.35. The van der Waals surface area contributed by atoms with Gasteiger partial charge in [0.15, 0.2) is 0 Å². The molecule has 0 aliphatic rings. The lowest BCUT2D eigenvalue weighted by Gasteiger charge is -2.28. The van der Waals surface area contributed by atoms with Gasteiger partial charge in [0.2, 0.25) is 0 Å². The van der Waals surface area contributed by atoms with Crippen LogP contribution in [0.4, 0.5) is 13.2 Å². The lowest BCUT2D eigenvalue weighted by Crippen LogP contribution is -2.30. The van der Waals surface area contributed by atoms with E-state index in [1.807, 2.05) is 20.8 Å². The van der Waals surface area contributed by atoms with Gasteiger partial charge in [-0.15, -0.1) is 0 Å². The number of rotatable bonds is 3. The van der Waals surface area contributed by atoms with Gasteiger partial charge in [-0.2, -0.15) is 13.2 Å². The molecule has 0 aromatic carbocycles. The summed E-state index contributed by atoms with van der Waals surface area (Å²) in [7, 11) is 0. The summed E-state index contributed by atoms with van der Waals surface area (Å²) in [5.74, 6) is -1.29. The fourth-order valence-corrected chi connectivity index (χ4v) is 2.14. The van der Waals surface area contributed by atoms with Gasteiger partial charge in [-0.05, 0) is 50.3 Å². The monoisotopic (exact) mass is 331 g/mol. The van der Waals surface area contributed by atoms with Gasteiger partial charge in [0.25, 0.3) is 0 Å². The van der Waals surface area contributed by atoms with E-state index in [4.69, 9.17) is 4.74 Å². The number of halogens is 3. The summed E-state index contributed by atoms with van der Waals surface area (Å²) in [4.78, 5) is 15.8. The molecule has 0 bridgehead atoms. The van der Waals surface area contributed by atoms with Crippen molar-refractivity contribution in [1.29, 1.82) is 0 Å². The fourth-order valence-electron chi connectivity index (χ4n) is 2.14. The first-order valence-electron chi connectivity index (χ1n) is 7.45. The standard InChI is InChI=1S/C17H24F3NO2/c1-15(2,3)10-12(14(22)23-16(4,5)6)11-7-8-21-13(9-11)17(18,19)20/h7-9,12H,10H2,1-6H3/t12-/m1/s1. The van der Waals surface area contributed by atoms with Crippen molar-refractivity contribution >= 4 is 5.97 Å². The molecule has 1 atom stereocenters. The normalized spacial score (nSPS) is 14.5. The Bertz CT molecular complexity index is 554. The van der Waals surface area contributed by atoms with E-state index < -0.39 is 29.4 Å². The van der Waals surface area contributed by atoms with Crippen molar-refractivity contribution < 1.29 is 22.7 Å². The first-order chi connectivity index (χ1) is 10.2. The SMILES string of the molecule is CC(C)(C)C[C@@H](C(=O)OC(C)(C)C)c1ccnc(C(F)(F)F)c1. The van der Waals surface area contributed by atoms with E-state index in [0.717, 1.165) is 12.3 Å². The lowest BCUT2D eigenvalue weighted by atomic mass is 9.81. The van der Waals surface area contributed by atoms with Crippen molar-refractivity contribution in [2.45, 2.75) is 65.7 Å². The molecule has 1 aromatic heterocycles. The number of aromatic nitrogens is 1. The maximum atomic E-state index is 12.9. The minimum absolute atomic E-state index is 0.247. The number of hydrogen-bond donors (Lipinski definition) is 0.